The lowest BCUT2D eigenvalue weighted by atomic mass is 10.2. The van der Waals surface area contributed by atoms with Crippen LogP contribution in [0.2, 0.25) is 0 Å². The SMILES string of the molecule is Cc1ccc(Nc2ccc(NN(C)/C=C\N)cc2)cc1. The van der Waals surface area contributed by atoms with Crippen LogP contribution in [0.25, 0.3) is 0 Å². The minimum absolute atomic E-state index is 1.00. The predicted octanol–water partition coefficient (Wildman–Crippen LogP) is 3.43. The number of hydrogen-bond acceptors (Lipinski definition) is 4. The van der Waals surface area contributed by atoms with Crippen molar-refractivity contribution in [1.82, 2.24) is 5.01 Å². The van der Waals surface area contributed by atoms with Crippen molar-refractivity contribution >= 4 is 17.1 Å². The molecule has 0 unspecified atom stereocenters. The van der Waals surface area contributed by atoms with Gasteiger partial charge in [-0.05, 0) is 43.3 Å². The summed E-state index contributed by atoms with van der Waals surface area (Å²) in [6.07, 6.45) is 3.23. The molecule has 0 heterocycles. The summed E-state index contributed by atoms with van der Waals surface area (Å²) in [5.74, 6) is 0. The maximum atomic E-state index is 5.33. The van der Waals surface area contributed by atoms with Crippen LogP contribution in [0.1, 0.15) is 5.56 Å². The van der Waals surface area contributed by atoms with Gasteiger partial charge >= 0.3 is 0 Å². The van der Waals surface area contributed by atoms with Crippen LogP contribution >= 0.6 is 0 Å². The molecule has 0 spiro atoms. The van der Waals surface area contributed by atoms with Crippen LogP contribution in [0.4, 0.5) is 17.1 Å². The standard InChI is InChI=1S/C16H20N4/c1-13-3-5-14(6-4-13)18-15-7-9-16(10-8-15)19-20(2)12-11-17/h3-12,18-19H,17H2,1-2H3/b12-11-. The Bertz CT molecular complexity index is 558. The van der Waals surface area contributed by atoms with E-state index in [4.69, 9.17) is 5.73 Å². The van der Waals surface area contributed by atoms with Crippen molar-refractivity contribution < 1.29 is 0 Å². The molecule has 2 rings (SSSR count). The fourth-order valence-corrected chi connectivity index (χ4v) is 1.80. The molecule has 0 amide bonds. The molecule has 4 heteroatoms. The second-order valence-electron chi connectivity index (χ2n) is 4.63. The Morgan fingerprint density at radius 1 is 0.900 bits per heavy atom. The summed E-state index contributed by atoms with van der Waals surface area (Å²) in [7, 11) is 1.89. The van der Waals surface area contributed by atoms with E-state index in [-0.39, 0.29) is 0 Å². The third-order valence-corrected chi connectivity index (χ3v) is 2.84. The van der Waals surface area contributed by atoms with E-state index < -0.39 is 0 Å². The Kier molecular flexibility index (Phi) is 4.50. The number of hydrazine groups is 1. The first-order chi connectivity index (χ1) is 9.67. The lowest BCUT2D eigenvalue weighted by Crippen LogP contribution is -2.19. The molecule has 4 N–H and O–H groups in total. The molecule has 0 radical (unpaired) electrons. The van der Waals surface area contributed by atoms with Gasteiger partial charge in [-0.3, -0.25) is 10.4 Å². The topological polar surface area (TPSA) is 53.3 Å². The average molecular weight is 268 g/mol. The molecule has 4 nitrogen and oxygen atoms in total. The molecular formula is C16H20N4. The lowest BCUT2D eigenvalue weighted by Gasteiger charge is -2.17. The molecule has 0 aliphatic heterocycles. The molecule has 0 saturated carbocycles. The van der Waals surface area contributed by atoms with E-state index in [1.54, 1.807) is 11.2 Å². The van der Waals surface area contributed by atoms with Gasteiger partial charge in [-0.15, -0.1) is 0 Å². The highest BCUT2D eigenvalue weighted by Crippen LogP contribution is 2.19. The largest absolute Gasteiger partial charge is 0.403 e. The third kappa shape index (κ3) is 3.95. The Morgan fingerprint density at radius 2 is 1.40 bits per heavy atom. The van der Waals surface area contributed by atoms with Crippen LogP contribution in [0, 0.1) is 6.92 Å². The van der Waals surface area contributed by atoms with Crippen LogP contribution in [0.3, 0.4) is 0 Å². The van der Waals surface area contributed by atoms with Crippen molar-refractivity contribution in [3.05, 3.63) is 66.5 Å². The smallest absolute Gasteiger partial charge is 0.0543 e. The molecule has 0 saturated heterocycles. The molecular weight excluding hydrogens is 248 g/mol. The second kappa shape index (κ2) is 6.52. The summed E-state index contributed by atoms with van der Waals surface area (Å²) in [5, 5.41) is 5.16. The zero-order valence-electron chi connectivity index (χ0n) is 11.8. The average Bonchev–Trinajstić information content (AvgIpc) is 2.44. The molecule has 2 aromatic carbocycles. The number of benzene rings is 2. The van der Waals surface area contributed by atoms with Gasteiger partial charge in [0.1, 0.15) is 0 Å². The van der Waals surface area contributed by atoms with Crippen molar-refractivity contribution in [2.45, 2.75) is 6.92 Å². The molecule has 0 aliphatic carbocycles. The molecule has 0 atom stereocenters. The Balaban J connectivity index is 1.99. The number of hydrogen-bond donors (Lipinski definition) is 3. The quantitative estimate of drug-likeness (QED) is 0.727. The Labute approximate surface area is 119 Å². The van der Waals surface area contributed by atoms with Crippen molar-refractivity contribution in [3.8, 4) is 0 Å². The number of rotatable bonds is 5. The minimum atomic E-state index is 1.00. The summed E-state index contributed by atoms with van der Waals surface area (Å²) in [5.41, 5.74) is 12.9. The summed E-state index contributed by atoms with van der Waals surface area (Å²) >= 11 is 0. The molecule has 0 aliphatic rings. The van der Waals surface area contributed by atoms with Gasteiger partial charge in [-0.1, -0.05) is 17.7 Å². The summed E-state index contributed by atoms with van der Waals surface area (Å²) in [4.78, 5) is 0. The van der Waals surface area contributed by atoms with Gasteiger partial charge in [0.2, 0.25) is 0 Å². The van der Waals surface area contributed by atoms with Crippen LogP contribution < -0.4 is 16.5 Å². The van der Waals surface area contributed by atoms with Gasteiger partial charge in [0.15, 0.2) is 0 Å². The van der Waals surface area contributed by atoms with Gasteiger partial charge in [0.05, 0.1) is 5.69 Å². The first-order valence-electron chi connectivity index (χ1n) is 6.49. The normalized spacial score (nSPS) is 10.5. The van der Waals surface area contributed by atoms with Gasteiger partial charge in [-0.2, -0.15) is 0 Å². The van der Waals surface area contributed by atoms with Crippen molar-refractivity contribution in [2.24, 2.45) is 5.73 Å². The maximum absolute atomic E-state index is 5.33. The molecule has 20 heavy (non-hydrogen) atoms. The highest BCUT2D eigenvalue weighted by Gasteiger charge is 1.97. The fourth-order valence-electron chi connectivity index (χ4n) is 1.80. The second-order valence-corrected chi connectivity index (χ2v) is 4.63. The predicted molar refractivity (Wildman–Crippen MR) is 85.6 cm³/mol. The van der Waals surface area contributed by atoms with E-state index in [0.717, 1.165) is 17.1 Å². The molecule has 0 bridgehead atoms. The summed E-state index contributed by atoms with van der Waals surface area (Å²) in [6.45, 7) is 2.08. The molecule has 0 aromatic heterocycles. The Hall–Kier alpha value is -2.62. The number of aryl methyl sites for hydroxylation is 1. The molecule has 0 fully saturated rings. The monoisotopic (exact) mass is 268 g/mol. The Morgan fingerprint density at radius 3 is 1.95 bits per heavy atom. The number of anilines is 3. The first-order valence-corrected chi connectivity index (χ1v) is 6.49. The zero-order valence-corrected chi connectivity index (χ0v) is 11.8. The van der Waals surface area contributed by atoms with Crippen LogP contribution in [0.5, 0.6) is 0 Å². The van der Waals surface area contributed by atoms with Gasteiger partial charge < -0.3 is 11.1 Å². The van der Waals surface area contributed by atoms with E-state index in [0.29, 0.717) is 0 Å². The van der Waals surface area contributed by atoms with Crippen LogP contribution in [0.15, 0.2) is 60.9 Å². The first kappa shape index (κ1) is 13.8. The summed E-state index contributed by atoms with van der Waals surface area (Å²) < 4.78 is 0. The molecule has 2 aromatic rings. The number of nitrogens with zero attached hydrogens (tertiary/aromatic N) is 1. The van der Waals surface area contributed by atoms with Crippen molar-refractivity contribution in [2.75, 3.05) is 17.8 Å². The highest BCUT2D eigenvalue weighted by atomic mass is 15.5. The lowest BCUT2D eigenvalue weighted by molar-refractivity contribution is 0.550. The fraction of sp³-hybridized carbons (Fsp3) is 0.125. The maximum Gasteiger partial charge on any atom is 0.0543 e. The third-order valence-electron chi connectivity index (χ3n) is 2.84. The van der Waals surface area contributed by atoms with Gasteiger partial charge in [0, 0.05) is 30.8 Å². The number of nitrogens with one attached hydrogen (secondary N) is 2. The van der Waals surface area contributed by atoms with Crippen molar-refractivity contribution in [3.63, 3.8) is 0 Å². The van der Waals surface area contributed by atoms with E-state index in [1.807, 2.05) is 31.3 Å². The van der Waals surface area contributed by atoms with Crippen LogP contribution in [-0.2, 0) is 0 Å². The molecule has 104 valence electrons. The van der Waals surface area contributed by atoms with E-state index in [9.17, 15) is 0 Å². The van der Waals surface area contributed by atoms with E-state index in [1.165, 1.54) is 11.8 Å². The number of nitrogens with two attached hydrogens (primary N) is 1. The van der Waals surface area contributed by atoms with Crippen LogP contribution in [-0.4, -0.2) is 12.1 Å². The van der Waals surface area contributed by atoms with E-state index in [2.05, 4.69) is 41.9 Å². The zero-order chi connectivity index (χ0) is 14.4. The highest BCUT2D eigenvalue weighted by molar-refractivity contribution is 5.62. The van der Waals surface area contributed by atoms with Gasteiger partial charge in [0.25, 0.3) is 0 Å². The van der Waals surface area contributed by atoms with Gasteiger partial charge in [-0.25, -0.2) is 0 Å². The minimum Gasteiger partial charge on any atom is -0.403 e. The van der Waals surface area contributed by atoms with E-state index >= 15 is 0 Å². The summed E-state index contributed by atoms with van der Waals surface area (Å²) in [6, 6.07) is 16.4. The van der Waals surface area contributed by atoms with Crippen molar-refractivity contribution in [1.29, 1.82) is 0 Å².